The number of carboxylic acid groups (broad SMARTS) is 1. The van der Waals surface area contributed by atoms with E-state index in [1.54, 1.807) is 6.92 Å². The van der Waals surface area contributed by atoms with Crippen molar-refractivity contribution in [3.05, 3.63) is 0 Å². The molecule has 1 aliphatic rings. The van der Waals surface area contributed by atoms with Crippen molar-refractivity contribution in [2.75, 3.05) is 6.61 Å². The number of esters is 1. The van der Waals surface area contributed by atoms with Crippen LogP contribution >= 0.6 is 0 Å². The molecular weight excluding hydrogens is 276 g/mol. The maximum Gasteiger partial charge on any atom is 0.332 e. The summed E-state index contributed by atoms with van der Waals surface area (Å²) in [5, 5.41) is 11.9. The molecule has 0 aromatic heterocycles. The summed E-state index contributed by atoms with van der Waals surface area (Å²) in [6, 6.07) is -1.50. The van der Waals surface area contributed by atoms with Crippen LogP contribution in [0.1, 0.15) is 46.0 Å². The van der Waals surface area contributed by atoms with Gasteiger partial charge >= 0.3 is 11.9 Å². The summed E-state index contributed by atoms with van der Waals surface area (Å²) in [5.74, 6) is -2.25. The zero-order valence-corrected chi connectivity index (χ0v) is 12.6. The van der Waals surface area contributed by atoms with Crippen molar-refractivity contribution in [1.82, 2.24) is 5.32 Å². The van der Waals surface area contributed by atoms with E-state index in [9.17, 15) is 19.5 Å². The van der Waals surface area contributed by atoms with E-state index in [0.29, 0.717) is 18.8 Å². The van der Waals surface area contributed by atoms with Gasteiger partial charge in [-0.1, -0.05) is 13.3 Å². The highest BCUT2D eigenvalue weighted by Crippen LogP contribution is 2.34. The number of nitrogens with two attached hydrogens (primary N) is 1. The van der Waals surface area contributed by atoms with Crippen LogP contribution in [0.15, 0.2) is 0 Å². The lowest BCUT2D eigenvalue weighted by Crippen LogP contribution is -2.61. The highest BCUT2D eigenvalue weighted by atomic mass is 16.5. The topological polar surface area (TPSA) is 119 Å². The molecule has 0 saturated heterocycles. The first kappa shape index (κ1) is 17.4. The second kappa shape index (κ2) is 7.40. The van der Waals surface area contributed by atoms with Crippen LogP contribution in [0, 0.1) is 5.92 Å². The Kier molecular flexibility index (Phi) is 6.14. The lowest BCUT2D eigenvalue weighted by molar-refractivity contribution is -0.154. The molecule has 1 unspecified atom stereocenters. The molecule has 21 heavy (non-hydrogen) atoms. The average molecular weight is 300 g/mol. The third kappa shape index (κ3) is 4.17. The first-order valence-corrected chi connectivity index (χ1v) is 7.34. The molecule has 0 spiro atoms. The maximum absolute atomic E-state index is 12.0. The van der Waals surface area contributed by atoms with E-state index in [1.165, 1.54) is 0 Å². The number of carbonyl (C=O) groups is 3. The summed E-state index contributed by atoms with van der Waals surface area (Å²) in [4.78, 5) is 35.0. The van der Waals surface area contributed by atoms with Crippen molar-refractivity contribution in [3.63, 3.8) is 0 Å². The van der Waals surface area contributed by atoms with Crippen molar-refractivity contribution in [1.29, 1.82) is 0 Å². The van der Waals surface area contributed by atoms with Gasteiger partial charge in [-0.3, -0.25) is 4.79 Å². The Morgan fingerprint density at radius 3 is 2.33 bits per heavy atom. The summed E-state index contributed by atoms with van der Waals surface area (Å²) < 4.78 is 4.67. The number of nitrogens with one attached hydrogen (secondary N) is 1. The van der Waals surface area contributed by atoms with Crippen molar-refractivity contribution in [3.8, 4) is 0 Å². The summed E-state index contributed by atoms with van der Waals surface area (Å²) in [5.41, 5.74) is 4.17. The number of ether oxygens (including phenoxy) is 1. The third-order valence-electron chi connectivity index (χ3n) is 4.13. The van der Waals surface area contributed by atoms with E-state index in [2.05, 4.69) is 17.0 Å². The zero-order valence-electron chi connectivity index (χ0n) is 12.6. The van der Waals surface area contributed by atoms with Crippen molar-refractivity contribution < 1.29 is 24.2 Å². The number of rotatable bonds is 6. The minimum atomic E-state index is -1.50. The first-order chi connectivity index (χ1) is 9.86. The third-order valence-corrected chi connectivity index (χ3v) is 4.13. The van der Waals surface area contributed by atoms with Gasteiger partial charge in [0.15, 0.2) is 6.04 Å². The molecule has 7 nitrogen and oxygen atoms in total. The number of hydrogen-bond donors (Lipinski definition) is 3. The fraction of sp³-hybridized carbons (Fsp3) is 0.786. The second-order valence-corrected chi connectivity index (χ2v) is 5.46. The highest BCUT2D eigenvalue weighted by Gasteiger charge is 2.44. The van der Waals surface area contributed by atoms with Crippen LogP contribution in [-0.2, 0) is 19.1 Å². The van der Waals surface area contributed by atoms with Crippen molar-refractivity contribution in [2.45, 2.75) is 57.5 Å². The van der Waals surface area contributed by atoms with Gasteiger partial charge in [0.05, 0.1) is 6.61 Å². The molecule has 120 valence electrons. The van der Waals surface area contributed by atoms with Gasteiger partial charge in [0.1, 0.15) is 5.54 Å². The SMILES string of the molecule is CCOC(=O)C(N)C(=O)NC1(C(=O)O)CCC(CC)CC1. The number of amides is 1. The van der Waals surface area contributed by atoms with Gasteiger partial charge in [-0.05, 0) is 38.5 Å². The van der Waals surface area contributed by atoms with Gasteiger partial charge in [0, 0.05) is 0 Å². The summed E-state index contributed by atoms with van der Waals surface area (Å²) in [6.07, 6.45) is 3.16. The van der Waals surface area contributed by atoms with Crippen LogP contribution in [0.2, 0.25) is 0 Å². The molecule has 0 aliphatic heterocycles. The van der Waals surface area contributed by atoms with Crippen LogP contribution in [0.4, 0.5) is 0 Å². The summed E-state index contributed by atoms with van der Waals surface area (Å²) in [7, 11) is 0. The largest absolute Gasteiger partial charge is 0.480 e. The molecule has 0 heterocycles. The van der Waals surface area contributed by atoms with E-state index >= 15 is 0 Å². The van der Waals surface area contributed by atoms with Gasteiger partial charge in [-0.25, -0.2) is 9.59 Å². The average Bonchev–Trinajstić information content (AvgIpc) is 2.47. The monoisotopic (exact) mass is 300 g/mol. The van der Waals surface area contributed by atoms with Crippen molar-refractivity contribution in [2.24, 2.45) is 11.7 Å². The Morgan fingerprint density at radius 2 is 1.90 bits per heavy atom. The predicted molar refractivity (Wildman–Crippen MR) is 75.4 cm³/mol. The summed E-state index contributed by atoms with van der Waals surface area (Å²) in [6.45, 7) is 3.78. The van der Waals surface area contributed by atoms with E-state index in [0.717, 1.165) is 19.3 Å². The Labute approximate surface area is 124 Å². The minimum absolute atomic E-state index is 0.113. The molecular formula is C14H24N2O5. The van der Waals surface area contributed by atoms with Gasteiger partial charge < -0.3 is 20.9 Å². The smallest absolute Gasteiger partial charge is 0.332 e. The fourth-order valence-corrected chi connectivity index (χ4v) is 2.62. The van der Waals surface area contributed by atoms with Crippen LogP contribution in [0.3, 0.4) is 0 Å². The van der Waals surface area contributed by atoms with Gasteiger partial charge in [0.25, 0.3) is 0 Å². The number of carboxylic acids is 1. The highest BCUT2D eigenvalue weighted by molar-refractivity contribution is 6.03. The van der Waals surface area contributed by atoms with Crippen molar-refractivity contribution >= 4 is 17.8 Å². The van der Waals surface area contributed by atoms with Gasteiger partial charge in [-0.2, -0.15) is 0 Å². The van der Waals surface area contributed by atoms with Crippen LogP contribution in [0.5, 0.6) is 0 Å². The predicted octanol–water partition coefficient (Wildman–Crippen LogP) is 0.417. The van der Waals surface area contributed by atoms with Gasteiger partial charge in [-0.15, -0.1) is 0 Å². The molecule has 4 N–H and O–H groups in total. The first-order valence-electron chi connectivity index (χ1n) is 7.34. The maximum atomic E-state index is 12.0. The summed E-state index contributed by atoms with van der Waals surface area (Å²) >= 11 is 0. The quantitative estimate of drug-likeness (QED) is 0.483. The molecule has 0 aromatic rings. The fourth-order valence-electron chi connectivity index (χ4n) is 2.62. The number of carbonyl (C=O) groups excluding carboxylic acids is 2. The Bertz CT molecular complexity index is 402. The van der Waals surface area contributed by atoms with Crippen LogP contribution in [-0.4, -0.2) is 41.1 Å². The molecule has 1 amide bonds. The Morgan fingerprint density at radius 1 is 1.33 bits per heavy atom. The van der Waals surface area contributed by atoms with Gasteiger partial charge in [0.2, 0.25) is 5.91 Å². The number of aliphatic carboxylic acids is 1. The Balaban J connectivity index is 2.73. The zero-order chi connectivity index (χ0) is 16.0. The van der Waals surface area contributed by atoms with E-state index < -0.39 is 29.4 Å². The van der Waals surface area contributed by atoms with E-state index in [4.69, 9.17) is 5.73 Å². The molecule has 1 rings (SSSR count). The number of hydrogen-bond acceptors (Lipinski definition) is 5. The Hall–Kier alpha value is -1.63. The van der Waals surface area contributed by atoms with E-state index in [-0.39, 0.29) is 6.61 Å². The lowest BCUT2D eigenvalue weighted by atomic mass is 9.75. The molecule has 0 radical (unpaired) electrons. The normalized spacial score (nSPS) is 26.7. The second-order valence-electron chi connectivity index (χ2n) is 5.46. The molecule has 1 atom stereocenters. The molecule has 0 aromatic carbocycles. The standard InChI is InChI=1S/C14H24N2O5/c1-3-9-5-7-14(8-6-9,13(19)20)16-11(17)10(15)12(18)21-4-2/h9-10H,3-8,15H2,1-2H3,(H,16,17)(H,19,20). The minimum Gasteiger partial charge on any atom is -0.480 e. The van der Waals surface area contributed by atoms with Crippen LogP contribution < -0.4 is 11.1 Å². The lowest BCUT2D eigenvalue weighted by Gasteiger charge is -2.37. The van der Waals surface area contributed by atoms with Crippen LogP contribution in [0.25, 0.3) is 0 Å². The molecule has 0 bridgehead atoms. The molecule has 7 heteroatoms. The molecule has 1 aliphatic carbocycles. The van der Waals surface area contributed by atoms with E-state index in [1.807, 2.05) is 0 Å². The molecule has 1 saturated carbocycles. The molecule has 1 fully saturated rings.